The van der Waals surface area contributed by atoms with Gasteiger partial charge in [0.2, 0.25) is 0 Å². The fourth-order valence-electron chi connectivity index (χ4n) is 4.39. The zero-order valence-corrected chi connectivity index (χ0v) is 22.2. The largest absolute Gasteiger partial charge is 0.317 e. The third-order valence-corrected chi connectivity index (χ3v) is 7.98. The normalized spacial score (nSPS) is 11.6. The van der Waals surface area contributed by atoms with Crippen molar-refractivity contribution in [2.75, 3.05) is 10.8 Å². The number of nitrogens with zero attached hydrogens (tertiary/aromatic N) is 3. The van der Waals surface area contributed by atoms with Crippen molar-refractivity contribution in [3.63, 3.8) is 0 Å². The number of sulfonamides is 1. The second-order valence-electron chi connectivity index (χ2n) is 8.86. The first-order valence-corrected chi connectivity index (χ1v) is 13.3. The summed E-state index contributed by atoms with van der Waals surface area (Å²) in [5, 5.41) is 4.14. The van der Waals surface area contributed by atoms with E-state index in [-0.39, 0.29) is 4.90 Å². The van der Waals surface area contributed by atoms with Gasteiger partial charge >= 0.3 is 0 Å². The Morgan fingerprint density at radius 1 is 0.892 bits per heavy atom. The van der Waals surface area contributed by atoms with Gasteiger partial charge in [0.15, 0.2) is 0 Å². The second-order valence-corrected chi connectivity index (χ2v) is 10.7. The van der Waals surface area contributed by atoms with Gasteiger partial charge in [0.25, 0.3) is 15.9 Å². The summed E-state index contributed by atoms with van der Waals surface area (Å²) in [5.41, 5.74) is 9.24. The number of nitrogens with one attached hydrogen (secondary N) is 1. The van der Waals surface area contributed by atoms with Crippen LogP contribution in [0.4, 0.5) is 5.69 Å². The lowest BCUT2D eigenvalue weighted by atomic mass is 10.1. The number of carbonyl (C=O) groups is 1. The van der Waals surface area contributed by atoms with E-state index >= 15 is 0 Å². The Kier molecular flexibility index (Phi) is 7.59. The minimum atomic E-state index is -3.96. The van der Waals surface area contributed by atoms with Gasteiger partial charge in [-0.15, -0.1) is 0 Å². The number of hydrogen-bond acceptors (Lipinski definition) is 4. The highest BCUT2D eigenvalue weighted by molar-refractivity contribution is 7.92. The zero-order chi connectivity index (χ0) is 26.6. The van der Waals surface area contributed by atoms with E-state index in [2.05, 4.69) is 41.1 Å². The number of para-hydroxylation sites is 2. The summed E-state index contributed by atoms with van der Waals surface area (Å²) in [6.07, 6.45) is 1.59. The molecule has 0 saturated heterocycles. The molecule has 0 saturated carbocycles. The summed E-state index contributed by atoms with van der Waals surface area (Å²) in [6.45, 7) is 7.78. The third-order valence-electron chi connectivity index (χ3n) is 6.19. The van der Waals surface area contributed by atoms with Crippen LogP contribution in [0.15, 0.2) is 94.9 Å². The lowest BCUT2D eigenvalue weighted by molar-refractivity contribution is -0.119. The Hall–Kier alpha value is -4.17. The maximum absolute atomic E-state index is 13.3. The first kappa shape index (κ1) is 25.9. The number of hydrogen-bond donors (Lipinski definition) is 1. The van der Waals surface area contributed by atoms with Crippen molar-refractivity contribution in [1.29, 1.82) is 0 Å². The molecule has 3 aromatic carbocycles. The van der Waals surface area contributed by atoms with Crippen molar-refractivity contribution < 1.29 is 13.2 Å². The van der Waals surface area contributed by atoms with Crippen LogP contribution in [-0.4, -0.2) is 31.7 Å². The van der Waals surface area contributed by atoms with Crippen molar-refractivity contribution in [3.8, 4) is 5.69 Å². The summed E-state index contributed by atoms with van der Waals surface area (Å²) < 4.78 is 29.9. The number of rotatable bonds is 8. The van der Waals surface area contributed by atoms with Crippen LogP contribution in [-0.2, 0) is 14.8 Å². The lowest BCUT2D eigenvalue weighted by Crippen LogP contribution is -2.39. The van der Waals surface area contributed by atoms with E-state index in [0.29, 0.717) is 5.69 Å². The van der Waals surface area contributed by atoms with E-state index in [9.17, 15) is 13.2 Å². The van der Waals surface area contributed by atoms with Crippen LogP contribution >= 0.6 is 0 Å². The molecule has 0 spiro atoms. The highest BCUT2D eigenvalue weighted by Crippen LogP contribution is 2.26. The molecular formula is C29H30N4O3S. The molecule has 7 nitrogen and oxygen atoms in total. The van der Waals surface area contributed by atoms with E-state index in [0.717, 1.165) is 26.9 Å². The van der Waals surface area contributed by atoms with Gasteiger partial charge in [-0.05, 0) is 69.2 Å². The van der Waals surface area contributed by atoms with E-state index in [1.165, 1.54) is 23.3 Å². The predicted molar refractivity (Wildman–Crippen MR) is 148 cm³/mol. The highest BCUT2D eigenvalue weighted by atomic mass is 32.2. The molecular weight excluding hydrogens is 484 g/mol. The summed E-state index contributed by atoms with van der Waals surface area (Å²) in [7, 11) is -3.96. The lowest BCUT2D eigenvalue weighted by Gasteiger charge is -2.23. The molecule has 1 heterocycles. The molecule has 0 aliphatic rings. The summed E-state index contributed by atoms with van der Waals surface area (Å²) >= 11 is 0. The first-order chi connectivity index (χ1) is 17.7. The van der Waals surface area contributed by atoms with Crippen LogP contribution < -0.4 is 9.73 Å². The maximum atomic E-state index is 13.3. The Labute approximate surface area is 218 Å². The average molecular weight is 515 g/mol. The quantitative estimate of drug-likeness (QED) is 0.264. The fraction of sp³-hybridized carbons (Fsp3) is 0.172. The van der Waals surface area contributed by atoms with Gasteiger partial charge in [0.05, 0.1) is 22.5 Å². The average Bonchev–Trinajstić information content (AvgIpc) is 3.16. The van der Waals surface area contributed by atoms with Gasteiger partial charge in [-0.3, -0.25) is 9.10 Å². The molecule has 4 aromatic rings. The molecule has 190 valence electrons. The monoisotopic (exact) mass is 514 g/mol. The second kappa shape index (κ2) is 10.8. The maximum Gasteiger partial charge on any atom is 0.264 e. The molecule has 37 heavy (non-hydrogen) atoms. The topological polar surface area (TPSA) is 83.8 Å². The minimum Gasteiger partial charge on any atom is -0.317 e. The number of amides is 1. The van der Waals surface area contributed by atoms with Crippen LogP contribution in [0.5, 0.6) is 0 Å². The molecule has 0 aliphatic carbocycles. The number of carbonyl (C=O) groups excluding carboxylic acids is 1. The molecule has 8 heteroatoms. The first-order valence-electron chi connectivity index (χ1n) is 11.9. The van der Waals surface area contributed by atoms with Crippen molar-refractivity contribution >= 4 is 27.8 Å². The van der Waals surface area contributed by atoms with Gasteiger partial charge in [-0.25, -0.2) is 13.8 Å². The van der Waals surface area contributed by atoms with E-state index in [4.69, 9.17) is 0 Å². The van der Waals surface area contributed by atoms with Crippen LogP contribution in [0.3, 0.4) is 0 Å². The Morgan fingerprint density at radius 2 is 1.49 bits per heavy atom. The molecule has 0 bridgehead atoms. The summed E-state index contributed by atoms with van der Waals surface area (Å²) in [4.78, 5) is 12.9. The van der Waals surface area contributed by atoms with Crippen molar-refractivity contribution in [1.82, 2.24) is 9.99 Å². The Morgan fingerprint density at radius 3 is 2.11 bits per heavy atom. The smallest absolute Gasteiger partial charge is 0.264 e. The number of aromatic nitrogens is 1. The molecule has 0 radical (unpaired) electrons. The number of hydrazone groups is 1. The Balaban J connectivity index is 1.55. The standard InChI is InChI=1S/C29H30N4O3S/c1-21-12-11-13-22(2)29(21)33-23(3)18-25(24(33)4)19-30-31-28(34)20-32(26-14-7-5-8-15-26)37(35,36)27-16-9-6-10-17-27/h5-19H,20H2,1-4H3,(H,31,34)/b30-19-. The molecule has 0 aliphatic heterocycles. The molecule has 0 atom stereocenters. The van der Waals surface area contributed by atoms with Gasteiger partial charge in [0, 0.05) is 17.0 Å². The van der Waals surface area contributed by atoms with Gasteiger partial charge in [-0.1, -0.05) is 54.6 Å². The predicted octanol–water partition coefficient (Wildman–Crippen LogP) is 5.06. The third kappa shape index (κ3) is 5.49. The SMILES string of the molecule is Cc1cccc(C)c1-n1c(C)cc(/C=N\NC(=O)CN(c2ccccc2)S(=O)(=O)c2ccccc2)c1C. The summed E-state index contributed by atoms with van der Waals surface area (Å²) in [6, 6.07) is 24.8. The molecule has 1 amide bonds. The molecule has 1 N–H and O–H groups in total. The molecule has 0 unspecified atom stereocenters. The van der Waals surface area contributed by atoms with Crippen molar-refractivity contribution in [3.05, 3.63) is 113 Å². The van der Waals surface area contributed by atoms with Crippen LogP contribution in [0.1, 0.15) is 28.1 Å². The van der Waals surface area contributed by atoms with E-state index in [1.807, 2.05) is 26.0 Å². The number of aryl methyl sites for hydroxylation is 3. The van der Waals surface area contributed by atoms with Gasteiger partial charge in [0.1, 0.15) is 6.54 Å². The minimum absolute atomic E-state index is 0.106. The molecule has 4 rings (SSSR count). The number of anilines is 1. The highest BCUT2D eigenvalue weighted by Gasteiger charge is 2.27. The molecule has 0 fully saturated rings. The number of benzene rings is 3. The van der Waals surface area contributed by atoms with Gasteiger partial charge < -0.3 is 4.57 Å². The Bertz CT molecular complexity index is 1520. The zero-order valence-electron chi connectivity index (χ0n) is 21.3. The van der Waals surface area contributed by atoms with Crippen LogP contribution in [0, 0.1) is 27.7 Å². The van der Waals surface area contributed by atoms with Crippen molar-refractivity contribution in [2.24, 2.45) is 5.10 Å². The fourth-order valence-corrected chi connectivity index (χ4v) is 5.83. The van der Waals surface area contributed by atoms with Crippen molar-refractivity contribution in [2.45, 2.75) is 32.6 Å². The molecule has 1 aromatic heterocycles. The van der Waals surface area contributed by atoms with E-state index < -0.39 is 22.5 Å². The van der Waals surface area contributed by atoms with Crippen LogP contribution in [0.2, 0.25) is 0 Å². The van der Waals surface area contributed by atoms with Gasteiger partial charge in [-0.2, -0.15) is 5.10 Å². The summed E-state index contributed by atoms with van der Waals surface area (Å²) in [5.74, 6) is -0.553. The van der Waals surface area contributed by atoms with E-state index in [1.54, 1.807) is 54.7 Å². The van der Waals surface area contributed by atoms with Crippen LogP contribution in [0.25, 0.3) is 5.69 Å².